The van der Waals surface area contributed by atoms with Gasteiger partial charge in [-0.15, -0.1) is 0 Å². The van der Waals surface area contributed by atoms with E-state index in [1.165, 1.54) is 24.0 Å². The molecule has 2 N–H and O–H groups in total. The van der Waals surface area contributed by atoms with Crippen molar-refractivity contribution in [2.24, 2.45) is 5.92 Å². The summed E-state index contributed by atoms with van der Waals surface area (Å²) in [5.74, 6) is -1.61. The lowest BCUT2D eigenvalue weighted by Gasteiger charge is -2.23. The molecule has 1 aromatic carbocycles. The van der Waals surface area contributed by atoms with Crippen LogP contribution in [0, 0.1) is 5.92 Å². The highest BCUT2D eigenvalue weighted by atomic mass is 19.4. The van der Waals surface area contributed by atoms with E-state index in [1.54, 1.807) is 7.05 Å². The van der Waals surface area contributed by atoms with Crippen molar-refractivity contribution >= 4 is 12.0 Å². The summed E-state index contributed by atoms with van der Waals surface area (Å²) in [5.41, 5.74) is 0.110. The van der Waals surface area contributed by atoms with Crippen molar-refractivity contribution in [3.05, 3.63) is 35.4 Å². The molecule has 1 aromatic rings. The number of carbonyl (C=O) groups excluding carboxylic acids is 1. The second-order valence-corrected chi connectivity index (χ2v) is 6.98. The summed E-state index contributed by atoms with van der Waals surface area (Å²) < 4.78 is 37.8. The molecular weight excluding hydrogens is 363 g/mol. The Bertz CT molecular complexity index is 664. The van der Waals surface area contributed by atoms with E-state index < -0.39 is 23.6 Å². The maximum absolute atomic E-state index is 12.6. The van der Waals surface area contributed by atoms with Crippen LogP contribution in [0.1, 0.15) is 24.5 Å². The zero-order valence-corrected chi connectivity index (χ0v) is 15.3. The molecule has 1 saturated heterocycles. The molecule has 0 bridgehead atoms. The van der Waals surface area contributed by atoms with Gasteiger partial charge in [0.1, 0.15) is 0 Å². The number of alkyl halides is 3. The number of carboxylic acid groups (broad SMARTS) is 1. The van der Waals surface area contributed by atoms with Crippen molar-refractivity contribution < 1.29 is 27.9 Å². The Morgan fingerprint density at radius 1 is 1.33 bits per heavy atom. The third-order valence-corrected chi connectivity index (χ3v) is 4.60. The Morgan fingerprint density at radius 3 is 2.52 bits per heavy atom. The maximum atomic E-state index is 12.6. The minimum absolute atomic E-state index is 0.0745. The van der Waals surface area contributed by atoms with Gasteiger partial charge in [-0.2, -0.15) is 13.2 Å². The highest BCUT2D eigenvalue weighted by Crippen LogP contribution is 2.29. The van der Waals surface area contributed by atoms with Crippen LogP contribution in [0.3, 0.4) is 0 Å². The first kappa shape index (κ1) is 21.0. The number of amides is 2. The van der Waals surface area contributed by atoms with E-state index in [0.717, 1.165) is 30.7 Å². The van der Waals surface area contributed by atoms with Gasteiger partial charge in [0, 0.05) is 39.3 Å². The second kappa shape index (κ2) is 8.60. The average Bonchev–Trinajstić information content (AvgIpc) is 3.01. The van der Waals surface area contributed by atoms with Gasteiger partial charge in [-0.25, -0.2) is 4.79 Å². The minimum atomic E-state index is -4.34. The fourth-order valence-electron chi connectivity index (χ4n) is 3.01. The summed E-state index contributed by atoms with van der Waals surface area (Å²) in [7, 11) is 1.55. The summed E-state index contributed by atoms with van der Waals surface area (Å²) in [6, 6.07) is 4.68. The molecule has 2 atom stereocenters. The normalized spacial score (nSPS) is 18.9. The second-order valence-electron chi connectivity index (χ2n) is 6.98. The maximum Gasteiger partial charge on any atom is 0.416 e. The van der Waals surface area contributed by atoms with Gasteiger partial charge < -0.3 is 15.3 Å². The first-order valence-electron chi connectivity index (χ1n) is 8.69. The van der Waals surface area contributed by atoms with Gasteiger partial charge >= 0.3 is 18.2 Å². The first-order valence-corrected chi connectivity index (χ1v) is 8.69. The van der Waals surface area contributed by atoms with E-state index in [-0.39, 0.29) is 18.6 Å². The number of halogens is 3. The van der Waals surface area contributed by atoms with Crippen LogP contribution in [0.4, 0.5) is 18.0 Å². The summed E-state index contributed by atoms with van der Waals surface area (Å²) in [6.45, 7) is 3.48. The molecule has 0 radical (unpaired) electrons. The van der Waals surface area contributed by atoms with Crippen molar-refractivity contribution in [3.8, 4) is 0 Å². The van der Waals surface area contributed by atoms with Gasteiger partial charge in [0.05, 0.1) is 11.5 Å². The van der Waals surface area contributed by atoms with Gasteiger partial charge in [0.25, 0.3) is 0 Å². The van der Waals surface area contributed by atoms with Gasteiger partial charge in [0.15, 0.2) is 0 Å². The van der Waals surface area contributed by atoms with Crippen molar-refractivity contribution in [3.63, 3.8) is 0 Å². The van der Waals surface area contributed by atoms with Crippen LogP contribution in [0.2, 0.25) is 0 Å². The predicted molar refractivity (Wildman–Crippen MR) is 93.1 cm³/mol. The number of urea groups is 1. The number of carboxylic acids is 1. The number of likely N-dealkylation sites (tertiary alicyclic amines) is 1. The Morgan fingerprint density at radius 2 is 1.96 bits per heavy atom. The third kappa shape index (κ3) is 6.13. The van der Waals surface area contributed by atoms with Crippen molar-refractivity contribution in [1.29, 1.82) is 0 Å². The number of nitrogens with one attached hydrogen (secondary N) is 1. The average molecular weight is 387 g/mol. The number of rotatable bonds is 6. The van der Waals surface area contributed by atoms with Gasteiger partial charge in [-0.3, -0.25) is 9.69 Å². The van der Waals surface area contributed by atoms with Crippen LogP contribution >= 0.6 is 0 Å². The van der Waals surface area contributed by atoms with E-state index in [2.05, 4.69) is 10.2 Å². The molecular formula is C18H24F3N3O3. The van der Waals surface area contributed by atoms with Crippen molar-refractivity contribution in [2.45, 2.75) is 32.1 Å². The Balaban J connectivity index is 1.81. The topological polar surface area (TPSA) is 72.9 Å². The number of hydrogen-bond acceptors (Lipinski definition) is 3. The molecule has 0 aliphatic carbocycles. The lowest BCUT2D eigenvalue weighted by molar-refractivity contribution is -0.141. The quantitative estimate of drug-likeness (QED) is 0.787. The zero-order valence-electron chi connectivity index (χ0n) is 15.3. The Hall–Kier alpha value is -2.29. The highest BCUT2D eigenvalue weighted by molar-refractivity contribution is 5.76. The molecule has 1 aliphatic heterocycles. The molecule has 2 unspecified atom stereocenters. The predicted octanol–water partition coefficient (Wildman–Crippen LogP) is 2.64. The monoisotopic (exact) mass is 387 g/mol. The van der Waals surface area contributed by atoms with E-state index in [0.29, 0.717) is 13.1 Å². The smallest absolute Gasteiger partial charge is 0.416 e. The zero-order chi connectivity index (χ0) is 20.2. The third-order valence-electron chi connectivity index (χ3n) is 4.60. The molecule has 9 heteroatoms. The minimum Gasteiger partial charge on any atom is -0.481 e. The summed E-state index contributed by atoms with van der Waals surface area (Å²) in [5, 5.41) is 11.8. The van der Waals surface area contributed by atoms with E-state index in [4.69, 9.17) is 5.11 Å². The first-order chi connectivity index (χ1) is 12.6. The molecule has 27 heavy (non-hydrogen) atoms. The largest absolute Gasteiger partial charge is 0.481 e. The molecule has 0 saturated carbocycles. The molecule has 0 spiro atoms. The van der Waals surface area contributed by atoms with Crippen molar-refractivity contribution in [2.75, 3.05) is 26.7 Å². The highest BCUT2D eigenvalue weighted by Gasteiger charge is 2.30. The molecule has 0 aromatic heterocycles. The molecule has 150 valence electrons. The lowest BCUT2D eigenvalue weighted by Crippen LogP contribution is -2.46. The standard InChI is InChI=1S/C18H24F3N3O3/c1-12(16(25)26)9-23(2)17(27)22-15-7-8-24(11-15)10-13-3-5-14(6-4-13)18(19,20)21/h3-6,12,15H,7-11H2,1-2H3,(H,22,27)(H,25,26). The van der Waals surface area contributed by atoms with Crippen LogP contribution < -0.4 is 5.32 Å². The molecule has 2 rings (SSSR count). The summed E-state index contributed by atoms with van der Waals surface area (Å²) in [4.78, 5) is 26.4. The number of benzene rings is 1. The molecule has 1 fully saturated rings. The Labute approximate surface area is 155 Å². The van der Waals surface area contributed by atoms with Gasteiger partial charge in [0.2, 0.25) is 0 Å². The fraction of sp³-hybridized carbons (Fsp3) is 0.556. The van der Waals surface area contributed by atoms with E-state index in [1.807, 2.05) is 0 Å². The van der Waals surface area contributed by atoms with Crippen LogP contribution in [-0.2, 0) is 17.5 Å². The SMILES string of the molecule is CC(CN(C)C(=O)NC1CCN(Cc2ccc(C(F)(F)F)cc2)C1)C(=O)O. The lowest BCUT2D eigenvalue weighted by atomic mass is 10.1. The summed E-state index contributed by atoms with van der Waals surface area (Å²) >= 11 is 0. The van der Waals surface area contributed by atoms with Crippen LogP contribution in [0.15, 0.2) is 24.3 Å². The molecule has 2 amide bonds. The fourth-order valence-corrected chi connectivity index (χ4v) is 3.01. The van der Waals surface area contributed by atoms with Crippen LogP contribution in [0.5, 0.6) is 0 Å². The van der Waals surface area contributed by atoms with E-state index >= 15 is 0 Å². The van der Waals surface area contributed by atoms with Gasteiger partial charge in [-0.1, -0.05) is 19.1 Å². The number of hydrogen-bond donors (Lipinski definition) is 2. The number of nitrogens with zero attached hydrogens (tertiary/aromatic N) is 2. The van der Waals surface area contributed by atoms with Crippen LogP contribution in [-0.4, -0.2) is 59.6 Å². The van der Waals surface area contributed by atoms with Gasteiger partial charge in [-0.05, 0) is 24.1 Å². The molecule has 6 nitrogen and oxygen atoms in total. The summed E-state index contributed by atoms with van der Waals surface area (Å²) in [6.07, 6.45) is -3.61. The molecule has 1 heterocycles. The van der Waals surface area contributed by atoms with Crippen LogP contribution in [0.25, 0.3) is 0 Å². The Kier molecular flexibility index (Phi) is 6.69. The van der Waals surface area contributed by atoms with E-state index in [9.17, 15) is 22.8 Å². The van der Waals surface area contributed by atoms with Crippen molar-refractivity contribution in [1.82, 2.24) is 15.1 Å². The number of aliphatic carboxylic acids is 1. The molecule has 1 aliphatic rings. The number of carbonyl (C=O) groups is 2.